The molecule has 42 heavy (non-hydrogen) atoms. The van der Waals surface area contributed by atoms with Gasteiger partial charge in [-0.2, -0.15) is 0 Å². The van der Waals surface area contributed by atoms with E-state index in [1.807, 2.05) is 32.2 Å². The molecule has 1 aromatic heterocycles. The lowest BCUT2D eigenvalue weighted by atomic mass is 10.0. The average molecular weight is 604 g/mol. The first-order chi connectivity index (χ1) is 19.9. The topological polar surface area (TPSA) is 165 Å². The van der Waals surface area contributed by atoms with E-state index in [-0.39, 0.29) is 31.0 Å². The number of rotatable bonds is 15. The number of aromatic nitrogens is 2. The van der Waals surface area contributed by atoms with E-state index in [0.29, 0.717) is 22.6 Å². The number of carboxylic acid groups (broad SMARTS) is 1. The molecular formula is C30H38FN3O7S. The Hall–Kier alpha value is -3.29. The van der Waals surface area contributed by atoms with Crippen LogP contribution in [0.1, 0.15) is 66.9 Å². The second-order valence-electron chi connectivity index (χ2n) is 10.4. The van der Waals surface area contributed by atoms with Crippen molar-refractivity contribution in [1.29, 1.82) is 0 Å². The predicted octanol–water partition coefficient (Wildman–Crippen LogP) is 3.34. The van der Waals surface area contributed by atoms with Crippen LogP contribution >= 0.6 is 11.8 Å². The fraction of sp³-hybridized carbons (Fsp3) is 0.433. The van der Waals surface area contributed by atoms with Crippen molar-refractivity contribution in [3.63, 3.8) is 0 Å². The molecule has 4 atom stereocenters. The SMILES string of the molecule is CSc1ccc([C@H](O)[C@H](CO)NC(=O)c2nc(-c3ccc(F)cc3)n(CC[C@@H](O)C[C@H](O)CC(=O)O)c2C(C)C)cc1. The molecular weight excluding hydrogens is 565 g/mol. The van der Waals surface area contributed by atoms with Crippen molar-refractivity contribution < 1.29 is 39.5 Å². The molecule has 0 saturated carbocycles. The second kappa shape index (κ2) is 15.3. The number of carbonyl (C=O) groups is 2. The van der Waals surface area contributed by atoms with Crippen molar-refractivity contribution in [3.05, 3.63) is 71.3 Å². The van der Waals surface area contributed by atoms with Gasteiger partial charge in [0.25, 0.3) is 5.91 Å². The van der Waals surface area contributed by atoms with E-state index >= 15 is 0 Å². The third-order valence-electron chi connectivity index (χ3n) is 6.86. The summed E-state index contributed by atoms with van der Waals surface area (Å²) in [6, 6.07) is 11.7. The summed E-state index contributed by atoms with van der Waals surface area (Å²) in [5.74, 6) is -2.15. The van der Waals surface area contributed by atoms with Crippen LogP contribution in [0.4, 0.5) is 4.39 Å². The Morgan fingerprint density at radius 1 is 1.02 bits per heavy atom. The molecule has 1 heterocycles. The summed E-state index contributed by atoms with van der Waals surface area (Å²) >= 11 is 1.54. The molecule has 3 aromatic rings. The normalized spacial score (nSPS) is 14.4. The predicted molar refractivity (Wildman–Crippen MR) is 157 cm³/mol. The van der Waals surface area contributed by atoms with Crippen molar-refractivity contribution in [2.24, 2.45) is 0 Å². The van der Waals surface area contributed by atoms with Gasteiger partial charge in [0.2, 0.25) is 0 Å². The van der Waals surface area contributed by atoms with E-state index in [1.165, 1.54) is 24.3 Å². The molecule has 0 bridgehead atoms. The number of imidazole rings is 1. The van der Waals surface area contributed by atoms with E-state index in [4.69, 9.17) is 5.11 Å². The van der Waals surface area contributed by atoms with Gasteiger partial charge in [0.05, 0.1) is 37.0 Å². The molecule has 0 fully saturated rings. The molecule has 3 rings (SSSR count). The van der Waals surface area contributed by atoms with Crippen LogP contribution < -0.4 is 5.32 Å². The van der Waals surface area contributed by atoms with Crippen molar-refractivity contribution in [3.8, 4) is 11.4 Å². The van der Waals surface area contributed by atoms with Crippen molar-refractivity contribution in [1.82, 2.24) is 14.9 Å². The molecule has 0 aliphatic rings. The third-order valence-corrected chi connectivity index (χ3v) is 7.61. The Kier molecular flexibility index (Phi) is 12.1. The lowest BCUT2D eigenvalue weighted by Crippen LogP contribution is -2.42. The number of nitrogens with one attached hydrogen (secondary N) is 1. The lowest BCUT2D eigenvalue weighted by molar-refractivity contribution is -0.139. The summed E-state index contributed by atoms with van der Waals surface area (Å²) < 4.78 is 15.5. The van der Waals surface area contributed by atoms with Gasteiger partial charge in [0, 0.05) is 17.0 Å². The number of benzene rings is 2. The van der Waals surface area contributed by atoms with Crippen molar-refractivity contribution in [2.45, 2.75) is 74.8 Å². The highest BCUT2D eigenvalue weighted by Crippen LogP contribution is 2.30. The first-order valence-electron chi connectivity index (χ1n) is 13.6. The second-order valence-corrected chi connectivity index (χ2v) is 11.3. The van der Waals surface area contributed by atoms with Crippen LogP contribution in [0.15, 0.2) is 53.4 Å². The minimum Gasteiger partial charge on any atom is -0.481 e. The Labute approximate surface area is 248 Å². The maximum Gasteiger partial charge on any atom is 0.305 e. The first-order valence-corrected chi connectivity index (χ1v) is 14.9. The highest BCUT2D eigenvalue weighted by molar-refractivity contribution is 7.98. The minimum absolute atomic E-state index is 0.0492. The Morgan fingerprint density at radius 3 is 2.21 bits per heavy atom. The highest BCUT2D eigenvalue weighted by atomic mass is 32.2. The molecule has 0 aliphatic carbocycles. The van der Waals surface area contributed by atoms with E-state index in [1.54, 1.807) is 28.5 Å². The zero-order chi connectivity index (χ0) is 31.0. The number of aliphatic hydroxyl groups is 4. The molecule has 0 saturated heterocycles. The molecule has 0 aliphatic heterocycles. The van der Waals surface area contributed by atoms with Gasteiger partial charge in [-0.25, -0.2) is 9.37 Å². The molecule has 0 radical (unpaired) electrons. The van der Waals surface area contributed by atoms with E-state index in [9.17, 15) is 34.4 Å². The van der Waals surface area contributed by atoms with Gasteiger partial charge < -0.3 is 35.4 Å². The van der Waals surface area contributed by atoms with Crippen LogP contribution in [0, 0.1) is 5.82 Å². The molecule has 228 valence electrons. The zero-order valence-electron chi connectivity index (χ0n) is 23.8. The quantitative estimate of drug-likeness (QED) is 0.143. The third kappa shape index (κ3) is 8.62. The number of carbonyl (C=O) groups excluding carboxylic acids is 1. The van der Waals surface area contributed by atoms with Crippen LogP contribution in [0.3, 0.4) is 0 Å². The smallest absolute Gasteiger partial charge is 0.305 e. The van der Waals surface area contributed by atoms with Crippen molar-refractivity contribution >= 4 is 23.6 Å². The largest absolute Gasteiger partial charge is 0.481 e. The minimum atomic E-state index is -1.22. The Bertz CT molecular complexity index is 1330. The summed E-state index contributed by atoms with van der Waals surface area (Å²) in [5, 5.41) is 53.0. The van der Waals surface area contributed by atoms with E-state index in [2.05, 4.69) is 10.3 Å². The van der Waals surface area contributed by atoms with Gasteiger partial charge in [-0.3, -0.25) is 9.59 Å². The van der Waals surface area contributed by atoms with Crippen LogP contribution in [-0.2, 0) is 11.3 Å². The van der Waals surface area contributed by atoms with Gasteiger partial charge in [0.15, 0.2) is 0 Å². The van der Waals surface area contributed by atoms with Gasteiger partial charge in [-0.15, -0.1) is 11.8 Å². The van der Waals surface area contributed by atoms with Gasteiger partial charge in [-0.05, 0) is 67.0 Å². The average Bonchev–Trinajstić information content (AvgIpc) is 3.34. The number of thioether (sulfide) groups is 1. The summed E-state index contributed by atoms with van der Waals surface area (Å²) in [4.78, 5) is 30.1. The molecule has 6 N–H and O–H groups in total. The number of nitrogens with zero attached hydrogens (tertiary/aromatic N) is 2. The molecule has 1 amide bonds. The molecule has 10 nitrogen and oxygen atoms in total. The Morgan fingerprint density at radius 2 is 1.67 bits per heavy atom. The fourth-order valence-electron chi connectivity index (χ4n) is 4.75. The van der Waals surface area contributed by atoms with Gasteiger partial charge in [0.1, 0.15) is 23.4 Å². The number of amides is 1. The van der Waals surface area contributed by atoms with Crippen LogP contribution in [0.25, 0.3) is 11.4 Å². The fourth-order valence-corrected chi connectivity index (χ4v) is 5.16. The monoisotopic (exact) mass is 603 g/mol. The molecule has 2 aromatic carbocycles. The van der Waals surface area contributed by atoms with Gasteiger partial charge >= 0.3 is 5.97 Å². The van der Waals surface area contributed by atoms with Crippen LogP contribution in [0.2, 0.25) is 0 Å². The number of aliphatic carboxylic acids is 1. The molecule has 0 unspecified atom stereocenters. The van der Waals surface area contributed by atoms with E-state index < -0.39 is 55.1 Å². The zero-order valence-corrected chi connectivity index (χ0v) is 24.6. The summed E-state index contributed by atoms with van der Waals surface area (Å²) in [6.45, 7) is 3.34. The molecule has 12 heteroatoms. The van der Waals surface area contributed by atoms with Crippen LogP contribution in [-0.4, -0.2) is 78.1 Å². The number of halogens is 1. The Balaban J connectivity index is 1.94. The number of hydrogen-bond acceptors (Lipinski definition) is 8. The maximum absolute atomic E-state index is 13.7. The van der Waals surface area contributed by atoms with E-state index in [0.717, 1.165) is 4.90 Å². The highest BCUT2D eigenvalue weighted by Gasteiger charge is 2.29. The maximum atomic E-state index is 13.7. The number of aliphatic hydroxyl groups excluding tert-OH is 4. The van der Waals surface area contributed by atoms with Crippen LogP contribution in [0.5, 0.6) is 0 Å². The lowest BCUT2D eigenvalue weighted by Gasteiger charge is -2.23. The van der Waals surface area contributed by atoms with Crippen molar-refractivity contribution in [2.75, 3.05) is 12.9 Å². The summed E-state index contributed by atoms with van der Waals surface area (Å²) in [5.41, 5.74) is 1.60. The number of carboxylic acids is 1. The number of hydrogen-bond donors (Lipinski definition) is 6. The molecule has 0 spiro atoms. The van der Waals surface area contributed by atoms with Gasteiger partial charge in [-0.1, -0.05) is 26.0 Å². The first kappa shape index (κ1) is 33.2. The summed E-state index contributed by atoms with van der Waals surface area (Å²) in [6.07, 6.45) is -2.05. The standard InChI is InChI=1S/C30H38FN3O7S/c1-17(2)27-26(30(41)32-24(16-35)28(40)18-6-10-23(42-3)11-7-18)33-29(19-4-8-20(31)9-5-19)34(27)13-12-21(36)14-22(37)15-25(38)39/h4-11,17,21-22,24,28,35-37,40H,12-16H2,1-3H3,(H,32,41)(H,38,39)/t21-,22+,24+,28+/m1/s1. The summed E-state index contributed by atoms with van der Waals surface area (Å²) in [7, 11) is 0.